The van der Waals surface area contributed by atoms with Gasteiger partial charge in [0.2, 0.25) is 0 Å². The first-order chi connectivity index (χ1) is 8.36. The van der Waals surface area contributed by atoms with E-state index in [1.807, 2.05) is 6.33 Å². The third-order valence-corrected chi connectivity index (χ3v) is 4.14. The number of hydrogen-bond donors (Lipinski definition) is 1. The Bertz CT molecular complexity index is 514. The summed E-state index contributed by atoms with van der Waals surface area (Å²) in [4.78, 5) is 8.99. The van der Waals surface area contributed by atoms with Crippen molar-refractivity contribution in [3.05, 3.63) is 33.8 Å². The van der Waals surface area contributed by atoms with Gasteiger partial charge in [-0.2, -0.15) is 0 Å². The molecule has 0 atom stereocenters. The van der Waals surface area contributed by atoms with Crippen LogP contribution in [0.2, 0.25) is 0 Å². The van der Waals surface area contributed by atoms with Crippen LogP contribution in [0.1, 0.15) is 34.9 Å². The maximum atomic E-state index is 5.58. The first-order valence-electron chi connectivity index (χ1n) is 6.03. The molecule has 1 aliphatic carbocycles. The highest BCUT2D eigenvalue weighted by Gasteiger charge is 2.15. The van der Waals surface area contributed by atoms with Crippen LogP contribution in [0.15, 0.2) is 11.7 Å². The third-order valence-electron chi connectivity index (χ3n) is 3.22. The molecule has 0 unspecified atom stereocenters. The van der Waals surface area contributed by atoms with E-state index >= 15 is 0 Å². The average Bonchev–Trinajstić information content (AvgIpc) is 2.97. The molecule has 0 amide bonds. The van der Waals surface area contributed by atoms with E-state index in [9.17, 15) is 0 Å². The number of rotatable bonds is 3. The van der Waals surface area contributed by atoms with Crippen molar-refractivity contribution in [2.24, 2.45) is 5.73 Å². The van der Waals surface area contributed by atoms with Crippen molar-refractivity contribution in [1.82, 2.24) is 14.5 Å². The van der Waals surface area contributed by atoms with E-state index in [0.29, 0.717) is 6.54 Å². The number of nitrogens with zero attached hydrogens (tertiary/aromatic N) is 3. The average molecular weight is 248 g/mol. The SMILES string of the molecule is NCc1nc(Cn2cnc3c2CCCC3)cs1. The van der Waals surface area contributed by atoms with Gasteiger partial charge in [0.15, 0.2) is 0 Å². The smallest absolute Gasteiger partial charge is 0.107 e. The fraction of sp³-hybridized carbons (Fsp3) is 0.500. The molecule has 0 aromatic carbocycles. The number of imidazole rings is 1. The second kappa shape index (κ2) is 4.58. The van der Waals surface area contributed by atoms with Crippen molar-refractivity contribution < 1.29 is 0 Å². The molecule has 0 radical (unpaired) electrons. The molecule has 17 heavy (non-hydrogen) atoms. The van der Waals surface area contributed by atoms with Crippen LogP contribution in [-0.2, 0) is 25.9 Å². The summed E-state index contributed by atoms with van der Waals surface area (Å²) in [5, 5.41) is 3.10. The van der Waals surface area contributed by atoms with Crippen molar-refractivity contribution in [2.75, 3.05) is 0 Å². The van der Waals surface area contributed by atoms with E-state index in [0.717, 1.165) is 30.1 Å². The van der Waals surface area contributed by atoms with E-state index in [2.05, 4.69) is 19.9 Å². The predicted octanol–water partition coefficient (Wildman–Crippen LogP) is 1.73. The van der Waals surface area contributed by atoms with Gasteiger partial charge in [0, 0.05) is 17.6 Å². The summed E-state index contributed by atoms with van der Waals surface area (Å²) in [5.41, 5.74) is 9.36. The van der Waals surface area contributed by atoms with Crippen molar-refractivity contribution >= 4 is 11.3 Å². The molecule has 0 saturated heterocycles. The van der Waals surface area contributed by atoms with E-state index < -0.39 is 0 Å². The monoisotopic (exact) mass is 248 g/mol. The Morgan fingerprint density at radius 2 is 2.24 bits per heavy atom. The van der Waals surface area contributed by atoms with Crippen LogP contribution in [-0.4, -0.2) is 14.5 Å². The molecular weight excluding hydrogens is 232 g/mol. The van der Waals surface area contributed by atoms with Crippen molar-refractivity contribution in [2.45, 2.75) is 38.8 Å². The Morgan fingerprint density at radius 1 is 1.35 bits per heavy atom. The molecular formula is C12H16N4S. The number of nitrogens with two attached hydrogens (primary N) is 1. The van der Waals surface area contributed by atoms with Crippen molar-refractivity contribution in [3.8, 4) is 0 Å². The molecule has 2 aromatic heterocycles. The largest absolute Gasteiger partial charge is 0.328 e. The van der Waals surface area contributed by atoms with Gasteiger partial charge in [-0.1, -0.05) is 0 Å². The first kappa shape index (κ1) is 10.9. The lowest BCUT2D eigenvalue weighted by Crippen LogP contribution is -2.09. The molecule has 0 bridgehead atoms. The van der Waals surface area contributed by atoms with E-state index in [4.69, 9.17) is 5.73 Å². The van der Waals surface area contributed by atoms with Crippen molar-refractivity contribution in [1.29, 1.82) is 0 Å². The Labute approximate surface area is 105 Å². The second-order valence-electron chi connectivity index (χ2n) is 4.41. The minimum atomic E-state index is 0.534. The van der Waals surface area contributed by atoms with Crippen LogP contribution in [0.5, 0.6) is 0 Å². The zero-order chi connectivity index (χ0) is 11.7. The molecule has 2 heterocycles. The van der Waals surface area contributed by atoms with Crippen LogP contribution >= 0.6 is 11.3 Å². The molecule has 0 aliphatic heterocycles. The zero-order valence-corrected chi connectivity index (χ0v) is 10.5. The Balaban J connectivity index is 1.82. The number of aryl methyl sites for hydroxylation is 1. The van der Waals surface area contributed by atoms with Gasteiger partial charge in [-0.05, 0) is 25.7 Å². The fourth-order valence-corrected chi connectivity index (χ4v) is 3.02. The maximum absolute atomic E-state index is 5.58. The maximum Gasteiger partial charge on any atom is 0.107 e. The number of fused-ring (bicyclic) bond motifs is 1. The summed E-state index contributed by atoms with van der Waals surface area (Å²) in [6, 6.07) is 0. The van der Waals surface area contributed by atoms with Gasteiger partial charge in [-0.15, -0.1) is 11.3 Å². The third kappa shape index (κ3) is 2.12. The van der Waals surface area contributed by atoms with Gasteiger partial charge < -0.3 is 10.3 Å². The lowest BCUT2D eigenvalue weighted by Gasteiger charge is -2.13. The fourth-order valence-electron chi connectivity index (χ4n) is 2.36. The highest BCUT2D eigenvalue weighted by atomic mass is 32.1. The van der Waals surface area contributed by atoms with Gasteiger partial charge in [0.05, 0.1) is 24.3 Å². The standard InChI is InChI=1S/C12H16N4S/c13-5-12-15-9(7-17-12)6-16-8-14-10-3-1-2-4-11(10)16/h7-8H,1-6,13H2. The zero-order valence-electron chi connectivity index (χ0n) is 9.72. The summed E-state index contributed by atoms with van der Waals surface area (Å²) >= 11 is 1.64. The quantitative estimate of drug-likeness (QED) is 0.900. The van der Waals surface area contributed by atoms with Crippen LogP contribution in [0.25, 0.3) is 0 Å². The molecule has 2 N–H and O–H groups in total. The molecule has 0 saturated carbocycles. The predicted molar refractivity (Wildman–Crippen MR) is 68.0 cm³/mol. The first-order valence-corrected chi connectivity index (χ1v) is 6.91. The molecule has 1 aliphatic rings. The van der Waals surface area contributed by atoms with Crippen LogP contribution in [0.4, 0.5) is 0 Å². The Morgan fingerprint density at radius 3 is 3.06 bits per heavy atom. The van der Waals surface area contributed by atoms with Gasteiger partial charge in [0.1, 0.15) is 5.01 Å². The molecule has 3 rings (SSSR count). The molecule has 0 spiro atoms. The molecule has 0 fully saturated rings. The summed E-state index contributed by atoms with van der Waals surface area (Å²) < 4.78 is 2.24. The Hall–Kier alpha value is -1.20. The topological polar surface area (TPSA) is 56.7 Å². The Kier molecular flexibility index (Phi) is 2.94. The van der Waals surface area contributed by atoms with Crippen LogP contribution < -0.4 is 5.73 Å². The van der Waals surface area contributed by atoms with Gasteiger partial charge >= 0.3 is 0 Å². The minimum absolute atomic E-state index is 0.534. The molecule has 4 nitrogen and oxygen atoms in total. The van der Waals surface area contributed by atoms with Gasteiger partial charge in [-0.3, -0.25) is 0 Å². The lowest BCUT2D eigenvalue weighted by atomic mass is 10.0. The normalized spacial score (nSPS) is 14.9. The van der Waals surface area contributed by atoms with Gasteiger partial charge in [-0.25, -0.2) is 9.97 Å². The van der Waals surface area contributed by atoms with Crippen LogP contribution in [0, 0.1) is 0 Å². The van der Waals surface area contributed by atoms with E-state index in [1.54, 1.807) is 11.3 Å². The lowest BCUT2D eigenvalue weighted by molar-refractivity contribution is 0.625. The van der Waals surface area contributed by atoms with Crippen LogP contribution in [0.3, 0.4) is 0 Å². The summed E-state index contributed by atoms with van der Waals surface area (Å²) in [5.74, 6) is 0. The minimum Gasteiger partial charge on any atom is -0.328 e. The van der Waals surface area contributed by atoms with Crippen molar-refractivity contribution in [3.63, 3.8) is 0 Å². The number of aromatic nitrogens is 3. The van der Waals surface area contributed by atoms with E-state index in [-0.39, 0.29) is 0 Å². The molecule has 2 aromatic rings. The van der Waals surface area contributed by atoms with Gasteiger partial charge in [0.25, 0.3) is 0 Å². The summed E-state index contributed by atoms with van der Waals surface area (Å²) in [6.07, 6.45) is 6.80. The number of hydrogen-bond acceptors (Lipinski definition) is 4. The highest BCUT2D eigenvalue weighted by Crippen LogP contribution is 2.21. The molecule has 90 valence electrons. The molecule has 5 heteroatoms. The second-order valence-corrected chi connectivity index (χ2v) is 5.35. The highest BCUT2D eigenvalue weighted by molar-refractivity contribution is 7.09. The summed E-state index contributed by atoms with van der Waals surface area (Å²) in [7, 11) is 0. The van der Waals surface area contributed by atoms with E-state index in [1.165, 1.54) is 24.2 Å². The number of thiazole rings is 1. The summed E-state index contributed by atoms with van der Waals surface area (Å²) in [6.45, 7) is 1.37.